The molecule has 2 N–H and O–H groups in total. The molecule has 0 spiro atoms. The SMILES string of the molecule is CC(C)(C)OC(=O)c1cc(NC(=O)OCc2ccccc2)ccc1O. The maximum absolute atomic E-state index is 12.1. The zero-order valence-electron chi connectivity index (χ0n) is 14.4. The Kier molecular flexibility index (Phi) is 5.64. The molecular formula is C19H21NO5. The first-order valence-corrected chi connectivity index (χ1v) is 7.79. The first kappa shape index (κ1) is 18.3. The van der Waals surface area contributed by atoms with Crippen LogP contribution < -0.4 is 5.32 Å². The fourth-order valence-electron chi connectivity index (χ4n) is 1.99. The van der Waals surface area contributed by atoms with E-state index in [-0.39, 0.29) is 17.9 Å². The Morgan fingerprint density at radius 2 is 1.76 bits per heavy atom. The Bertz CT molecular complexity index is 750. The number of carbonyl (C=O) groups excluding carboxylic acids is 2. The predicted molar refractivity (Wildman–Crippen MR) is 93.5 cm³/mol. The molecule has 2 aromatic rings. The van der Waals surface area contributed by atoms with E-state index in [0.717, 1.165) is 5.56 Å². The van der Waals surface area contributed by atoms with Crippen molar-refractivity contribution in [2.45, 2.75) is 33.0 Å². The number of aromatic hydroxyl groups is 1. The lowest BCUT2D eigenvalue weighted by Gasteiger charge is -2.20. The molecule has 0 aliphatic heterocycles. The number of phenols is 1. The molecule has 0 atom stereocenters. The van der Waals surface area contributed by atoms with E-state index in [0.29, 0.717) is 5.69 Å². The molecule has 1 amide bonds. The van der Waals surface area contributed by atoms with E-state index < -0.39 is 17.7 Å². The first-order chi connectivity index (χ1) is 11.7. The molecule has 0 aliphatic rings. The van der Waals surface area contributed by atoms with Crippen LogP contribution in [-0.4, -0.2) is 22.8 Å². The Morgan fingerprint density at radius 1 is 1.08 bits per heavy atom. The fraction of sp³-hybridized carbons (Fsp3) is 0.263. The summed E-state index contributed by atoms with van der Waals surface area (Å²) in [5.74, 6) is -0.899. The Hall–Kier alpha value is -3.02. The second kappa shape index (κ2) is 7.70. The Labute approximate surface area is 146 Å². The van der Waals surface area contributed by atoms with Crippen molar-refractivity contribution in [1.82, 2.24) is 0 Å². The summed E-state index contributed by atoms with van der Waals surface area (Å²) >= 11 is 0. The highest BCUT2D eigenvalue weighted by Crippen LogP contribution is 2.24. The summed E-state index contributed by atoms with van der Waals surface area (Å²) in [7, 11) is 0. The van der Waals surface area contributed by atoms with Gasteiger partial charge in [-0.15, -0.1) is 0 Å². The molecule has 0 saturated carbocycles. The van der Waals surface area contributed by atoms with Crippen molar-refractivity contribution in [2.75, 3.05) is 5.32 Å². The van der Waals surface area contributed by atoms with Crippen molar-refractivity contribution in [2.24, 2.45) is 0 Å². The molecule has 0 aromatic heterocycles. The summed E-state index contributed by atoms with van der Waals surface area (Å²) in [5.41, 5.74) is 0.451. The van der Waals surface area contributed by atoms with Crippen LogP contribution in [0.2, 0.25) is 0 Å². The van der Waals surface area contributed by atoms with Gasteiger partial charge in [-0.05, 0) is 44.5 Å². The quantitative estimate of drug-likeness (QED) is 0.645. The van der Waals surface area contributed by atoms with Gasteiger partial charge in [-0.3, -0.25) is 5.32 Å². The Balaban J connectivity index is 2.01. The van der Waals surface area contributed by atoms with E-state index in [9.17, 15) is 14.7 Å². The third-order valence-corrected chi connectivity index (χ3v) is 3.07. The zero-order chi connectivity index (χ0) is 18.4. The fourth-order valence-corrected chi connectivity index (χ4v) is 1.99. The van der Waals surface area contributed by atoms with Crippen LogP contribution in [0.1, 0.15) is 36.7 Å². The van der Waals surface area contributed by atoms with Gasteiger partial charge < -0.3 is 14.6 Å². The number of ether oxygens (including phenoxy) is 2. The van der Waals surface area contributed by atoms with Crippen LogP contribution in [0, 0.1) is 0 Å². The molecule has 132 valence electrons. The molecule has 6 heteroatoms. The smallest absolute Gasteiger partial charge is 0.411 e. The second-order valence-electron chi connectivity index (χ2n) is 6.42. The molecular weight excluding hydrogens is 322 g/mol. The van der Waals surface area contributed by atoms with Gasteiger partial charge in [-0.1, -0.05) is 30.3 Å². The maximum Gasteiger partial charge on any atom is 0.411 e. The minimum Gasteiger partial charge on any atom is -0.507 e. The van der Waals surface area contributed by atoms with E-state index in [1.807, 2.05) is 30.3 Å². The highest BCUT2D eigenvalue weighted by molar-refractivity contribution is 5.95. The lowest BCUT2D eigenvalue weighted by atomic mass is 10.1. The minimum absolute atomic E-state index is 0.0317. The minimum atomic E-state index is -0.693. The van der Waals surface area contributed by atoms with Gasteiger partial charge >= 0.3 is 12.1 Å². The van der Waals surface area contributed by atoms with Crippen molar-refractivity contribution in [1.29, 1.82) is 0 Å². The van der Waals surface area contributed by atoms with Crippen LogP contribution >= 0.6 is 0 Å². The van der Waals surface area contributed by atoms with Crippen LogP contribution in [0.3, 0.4) is 0 Å². The second-order valence-corrected chi connectivity index (χ2v) is 6.42. The van der Waals surface area contributed by atoms with Gasteiger partial charge in [-0.2, -0.15) is 0 Å². The average molecular weight is 343 g/mol. The highest BCUT2D eigenvalue weighted by Gasteiger charge is 2.21. The Morgan fingerprint density at radius 3 is 2.40 bits per heavy atom. The van der Waals surface area contributed by atoms with Crippen molar-refractivity contribution in [3.63, 3.8) is 0 Å². The van der Waals surface area contributed by atoms with Crippen molar-refractivity contribution in [3.05, 3.63) is 59.7 Å². The molecule has 0 aliphatic carbocycles. The third kappa shape index (κ3) is 5.84. The molecule has 2 aromatic carbocycles. The van der Waals surface area contributed by atoms with E-state index in [1.165, 1.54) is 18.2 Å². The topological polar surface area (TPSA) is 84.9 Å². The molecule has 25 heavy (non-hydrogen) atoms. The van der Waals surface area contributed by atoms with Crippen molar-refractivity contribution in [3.8, 4) is 5.75 Å². The summed E-state index contributed by atoms with van der Waals surface area (Å²) < 4.78 is 10.3. The molecule has 6 nitrogen and oxygen atoms in total. The maximum atomic E-state index is 12.1. The summed E-state index contributed by atoms with van der Waals surface area (Å²) in [6.07, 6.45) is -0.662. The van der Waals surface area contributed by atoms with E-state index in [4.69, 9.17) is 9.47 Å². The number of rotatable bonds is 4. The lowest BCUT2D eigenvalue weighted by molar-refractivity contribution is 0.00667. The molecule has 0 radical (unpaired) electrons. The number of carbonyl (C=O) groups is 2. The molecule has 0 unspecified atom stereocenters. The van der Waals surface area contributed by atoms with Crippen molar-refractivity contribution >= 4 is 17.7 Å². The predicted octanol–water partition coefficient (Wildman–Crippen LogP) is 4.10. The number of amides is 1. The number of benzene rings is 2. The summed E-state index contributed by atoms with van der Waals surface area (Å²) in [4.78, 5) is 24.0. The number of esters is 1. The van der Waals surface area contributed by atoms with Gasteiger partial charge in [0.2, 0.25) is 0 Å². The number of phenolic OH excluding ortho intramolecular Hbond substituents is 1. The zero-order valence-corrected chi connectivity index (χ0v) is 14.4. The van der Waals surface area contributed by atoms with Gasteiger partial charge in [0, 0.05) is 5.69 Å². The molecule has 2 rings (SSSR count). The van der Waals surface area contributed by atoms with Gasteiger partial charge in [0.15, 0.2) is 0 Å². The van der Waals surface area contributed by atoms with Gasteiger partial charge in [0.05, 0.1) is 0 Å². The highest BCUT2D eigenvalue weighted by atomic mass is 16.6. The third-order valence-electron chi connectivity index (χ3n) is 3.07. The monoisotopic (exact) mass is 343 g/mol. The number of nitrogens with one attached hydrogen (secondary N) is 1. The van der Waals surface area contributed by atoms with E-state index in [2.05, 4.69) is 5.32 Å². The van der Waals surface area contributed by atoms with Gasteiger partial charge in [-0.25, -0.2) is 9.59 Å². The first-order valence-electron chi connectivity index (χ1n) is 7.79. The number of hydrogen-bond acceptors (Lipinski definition) is 5. The van der Waals surface area contributed by atoms with Crippen molar-refractivity contribution < 1.29 is 24.2 Å². The molecule has 0 saturated heterocycles. The van der Waals surface area contributed by atoms with Gasteiger partial charge in [0.1, 0.15) is 23.5 Å². The summed E-state index contributed by atoms with van der Waals surface area (Å²) in [6.45, 7) is 5.31. The van der Waals surface area contributed by atoms with E-state index in [1.54, 1.807) is 20.8 Å². The van der Waals surface area contributed by atoms with Crippen LogP contribution in [-0.2, 0) is 16.1 Å². The average Bonchev–Trinajstić information content (AvgIpc) is 2.54. The van der Waals surface area contributed by atoms with Crippen LogP contribution in [0.25, 0.3) is 0 Å². The van der Waals surface area contributed by atoms with Gasteiger partial charge in [0.25, 0.3) is 0 Å². The number of anilines is 1. The summed E-state index contributed by atoms with van der Waals surface area (Å²) in [6, 6.07) is 13.4. The van der Waals surface area contributed by atoms with Crippen LogP contribution in [0.5, 0.6) is 5.75 Å². The normalized spacial score (nSPS) is 10.8. The largest absolute Gasteiger partial charge is 0.507 e. The molecule has 0 bridgehead atoms. The summed E-state index contributed by atoms with van der Waals surface area (Å²) in [5, 5.41) is 12.4. The molecule has 0 heterocycles. The lowest BCUT2D eigenvalue weighted by Crippen LogP contribution is -2.24. The number of hydrogen-bond donors (Lipinski definition) is 2. The van der Waals surface area contributed by atoms with Crippen LogP contribution in [0.4, 0.5) is 10.5 Å². The van der Waals surface area contributed by atoms with E-state index >= 15 is 0 Å². The van der Waals surface area contributed by atoms with Crippen LogP contribution in [0.15, 0.2) is 48.5 Å². The standard InChI is InChI=1S/C19H21NO5/c1-19(2,3)25-17(22)15-11-14(9-10-16(15)21)20-18(23)24-12-13-7-5-4-6-8-13/h4-11,21H,12H2,1-3H3,(H,20,23). The molecule has 0 fully saturated rings.